The Hall–Kier alpha value is -2.89. The van der Waals surface area contributed by atoms with Crippen LogP contribution in [0.15, 0.2) is 60.8 Å². The Morgan fingerprint density at radius 2 is 0.745 bits per heavy atom. The molecule has 6 nitrogen and oxygen atoms in total. The maximum atomic E-state index is 12.7. The number of carbonyl (C=O) groups excluding carboxylic acids is 3. The molecule has 0 amide bonds. The first-order valence-corrected chi connectivity index (χ1v) is 22.8. The molecule has 316 valence electrons. The number of hydrogen-bond acceptors (Lipinski definition) is 6. The molecule has 0 N–H and O–H groups in total. The lowest BCUT2D eigenvalue weighted by Gasteiger charge is -2.18. The van der Waals surface area contributed by atoms with Crippen molar-refractivity contribution in [2.45, 2.75) is 219 Å². The molecule has 1 atom stereocenters. The summed E-state index contributed by atoms with van der Waals surface area (Å²) in [7, 11) is 0. The van der Waals surface area contributed by atoms with E-state index in [1.165, 1.54) is 103 Å². The first-order valence-electron chi connectivity index (χ1n) is 22.8. The summed E-state index contributed by atoms with van der Waals surface area (Å²) in [5, 5.41) is 0. The van der Waals surface area contributed by atoms with E-state index in [1.807, 2.05) is 6.08 Å². The molecule has 55 heavy (non-hydrogen) atoms. The summed E-state index contributed by atoms with van der Waals surface area (Å²) in [6.45, 7) is 6.39. The molecular formula is C49H84O6. The second kappa shape index (κ2) is 43.8. The van der Waals surface area contributed by atoms with Crippen LogP contribution in [0.4, 0.5) is 0 Å². The lowest BCUT2D eigenvalue weighted by atomic mass is 10.1. The molecule has 0 aromatic carbocycles. The van der Waals surface area contributed by atoms with Crippen molar-refractivity contribution in [3.63, 3.8) is 0 Å². The van der Waals surface area contributed by atoms with Gasteiger partial charge in [0.15, 0.2) is 6.10 Å². The number of ether oxygens (including phenoxy) is 3. The van der Waals surface area contributed by atoms with Gasteiger partial charge in [-0.2, -0.15) is 0 Å². The van der Waals surface area contributed by atoms with Crippen LogP contribution in [0.5, 0.6) is 0 Å². The van der Waals surface area contributed by atoms with E-state index >= 15 is 0 Å². The van der Waals surface area contributed by atoms with Gasteiger partial charge in [-0.1, -0.05) is 165 Å². The predicted octanol–water partition coefficient (Wildman–Crippen LogP) is 14.5. The fourth-order valence-electron chi connectivity index (χ4n) is 6.05. The van der Waals surface area contributed by atoms with Crippen LogP contribution in [0.1, 0.15) is 213 Å². The van der Waals surface area contributed by atoms with Crippen LogP contribution >= 0.6 is 0 Å². The highest BCUT2D eigenvalue weighted by Gasteiger charge is 2.19. The van der Waals surface area contributed by atoms with Crippen molar-refractivity contribution in [2.75, 3.05) is 13.2 Å². The number of carbonyl (C=O) groups is 3. The van der Waals surface area contributed by atoms with E-state index in [9.17, 15) is 14.4 Å². The minimum absolute atomic E-state index is 0.110. The second-order valence-corrected chi connectivity index (χ2v) is 14.9. The molecule has 0 saturated carbocycles. The highest BCUT2D eigenvalue weighted by molar-refractivity contribution is 5.71. The molecule has 0 aromatic heterocycles. The molecule has 0 spiro atoms. The SMILES string of the molecule is CC/C=C\C/C=C\CCCCC(=O)OCC(COC(=O)CCCCCCCCC/C=C\CCCCCC)OC(=O)CC/C=C\C/C=C\CCCCCCCC. The Morgan fingerprint density at radius 1 is 0.382 bits per heavy atom. The highest BCUT2D eigenvalue weighted by atomic mass is 16.6. The average molecular weight is 769 g/mol. The van der Waals surface area contributed by atoms with E-state index in [1.54, 1.807) is 0 Å². The van der Waals surface area contributed by atoms with E-state index < -0.39 is 6.10 Å². The molecule has 0 saturated heterocycles. The minimum atomic E-state index is -0.815. The molecule has 0 aromatic rings. The summed E-state index contributed by atoms with van der Waals surface area (Å²) in [6.07, 6.45) is 52.3. The number of rotatable bonds is 40. The molecule has 0 radical (unpaired) electrons. The lowest BCUT2D eigenvalue weighted by Crippen LogP contribution is -2.30. The number of hydrogen-bond donors (Lipinski definition) is 0. The third-order valence-electron chi connectivity index (χ3n) is 9.49. The Morgan fingerprint density at radius 3 is 1.24 bits per heavy atom. The molecule has 0 fully saturated rings. The van der Waals surface area contributed by atoms with Crippen LogP contribution < -0.4 is 0 Å². The minimum Gasteiger partial charge on any atom is -0.462 e. The zero-order valence-electron chi connectivity index (χ0n) is 35.9. The van der Waals surface area contributed by atoms with E-state index in [0.29, 0.717) is 19.3 Å². The summed E-state index contributed by atoms with van der Waals surface area (Å²) >= 11 is 0. The largest absolute Gasteiger partial charge is 0.462 e. The van der Waals surface area contributed by atoms with Gasteiger partial charge in [-0.15, -0.1) is 0 Å². The fourth-order valence-corrected chi connectivity index (χ4v) is 6.05. The van der Waals surface area contributed by atoms with Gasteiger partial charge in [0.25, 0.3) is 0 Å². The van der Waals surface area contributed by atoms with Crippen molar-refractivity contribution >= 4 is 17.9 Å². The topological polar surface area (TPSA) is 78.9 Å². The molecule has 0 bridgehead atoms. The van der Waals surface area contributed by atoms with Crippen LogP contribution in [0.2, 0.25) is 0 Å². The van der Waals surface area contributed by atoms with Crippen LogP contribution in [0.25, 0.3) is 0 Å². The highest BCUT2D eigenvalue weighted by Crippen LogP contribution is 2.13. The zero-order valence-corrected chi connectivity index (χ0v) is 35.9. The number of esters is 3. The molecule has 0 aliphatic carbocycles. The summed E-state index contributed by atoms with van der Waals surface area (Å²) in [6, 6.07) is 0. The fraction of sp³-hybridized carbons (Fsp3) is 0.735. The standard InChI is InChI=1S/C49H84O6/c1-4-7-10-13-16-19-21-23-24-26-27-30-33-36-39-42-48(51)54-45-46(44-53-47(50)41-38-35-32-29-18-15-12-9-6-3)55-49(52)43-40-37-34-31-28-25-22-20-17-14-11-8-5-2/h9,12,18-19,21,25,28-29,34,37,46H,4-8,10-11,13-17,20,22-24,26-27,30-33,35-36,38-45H2,1-3H3/b12-9-,21-19-,28-25-,29-18-,37-34-. The first-order chi connectivity index (χ1) is 27.0. The Bertz CT molecular complexity index is 1020. The number of allylic oxidation sites excluding steroid dienone is 10. The lowest BCUT2D eigenvalue weighted by molar-refractivity contribution is -0.166. The van der Waals surface area contributed by atoms with Crippen LogP contribution in [0.3, 0.4) is 0 Å². The summed E-state index contributed by atoms with van der Waals surface area (Å²) in [5.74, 6) is -1.03. The van der Waals surface area contributed by atoms with Crippen molar-refractivity contribution in [3.05, 3.63) is 60.8 Å². The van der Waals surface area contributed by atoms with Gasteiger partial charge in [0.2, 0.25) is 0 Å². The smallest absolute Gasteiger partial charge is 0.306 e. The molecule has 0 heterocycles. The monoisotopic (exact) mass is 769 g/mol. The van der Waals surface area contributed by atoms with E-state index in [0.717, 1.165) is 64.2 Å². The van der Waals surface area contributed by atoms with Crippen molar-refractivity contribution in [1.29, 1.82) is 0 Å². The zero-order chi connectivity index (χ0) is 40.1. The van der Waals surface area contributed by atoms with Crippen molar-refractivity contribution in [2.24, 2.45) is 0 Å². The van der Waals surface area contributed by atoms with Gasteiger partial charge in [-0.25, -0.2) is 0 Å². The molecule has 6 heteroatoms. The molecule has 1 unspecified atom stereocenters. The summed E-state index contributed by atoms with van der Waals surface area (Å²) < 4.78 is 16.6. The van der Waals surface area contributed by atoms with Gasteiger partial charge < -0.3 is 14.2 Å². The average Bonchev–Trinajstić information content (AvgIpc) is 3.18. The van der Waals surface area contributed by atoms with Crippen LogP contribution in [-0.4, -0.2) is 37.2 Å². The first kappa shape index (κ1) is 52.1. The van der Waals surface area contributed by atoms with Gasteiger partial charge in [0.1, 0.15) is 13.2 Å². The van der Waals surface area contributed by atoms with Crippen molar-refractivity contribution < 1.29 is 28.6 Å². The predicted molar refractivity (Wildman–Crippen MR) is 233 cm³/mol. The van der Waals surface area contributed by atoms with Gasteiger partial charge >= 0.3 is 17.9 Å². The molecule has 0 aliphatic rings. The van der Waals surface area contributed by atoms with E-state index in [2.05, 4.69) is 75.5 Å². The Kier molecular flexibility index (Phi) is 41.5. The van der Waals surface area contributed by atoms with Crippen molar-refractivity contribution in [3.8, 4) is 0 Å². The molecule has 0 rings (SSSR count). The maximum Gasteiger partial charge on any atom is 0.306 e. The van der Waals surface area contributed by atoms with E-state index in [4.69, 9.17) is 14.2 Å². The van der Waals surface area contributed by atoms with Gasteiger partial charge in [-0.05, 0) is 89.9 Å². The van der Waals surface area contributed by atoms with Crippen molar-refractivity contribution in [1.82, 2.24) is 0 Å². The molecule has 0 aliphatic heterocycles. The van der Waals surface area contributed by atoms with Gasteiger partial charge in [0, 0.05) is 19.3 Å². The van der Waals surface area contributed by atoms with E-state index in [-0.39, 0.29) is 37.5 Å². The Labute approximate surface area is 339 Å². The second-order valence-electron chi connectivity index (χ2n) is 14.9. The maximum absolute atomic E-state index is 12.7. The van der Waals surface area contributed by atoms with Crippen LogP contribution in [-0.2, 0) is 28.6 Å². The molecular weight excluding hydrogens is 685 g/mol. The van der Waals surface area contributed by atoms with Crippen LogP contribution in [0, 0.1) is 0 Å². The van der Waals surface area contributed by atoms with Gasteiger partial charge in [-0.3, -0.25) is 14.4 Å². The third kappa shape index (κ3) is 42.1. The Balaban J connectivity index is 4.45. The normalized spacial score (nSPS) is 12.6. The van der Waals surface area contributed by atoms with Gasteiger partial charge in [0.05, 0.1) is 0 Å². The quantitative estimate of drug-likeness (QED) is 0.0267. The summed E-state index contributed by atoms with van der Waals surface area (Å²) in [4.78, 5) is 37.6. The number of unbranched alkanes of at least 4 members (excludes halogenated alkanes) is 19. The summed E-state index contributed by atoms with van der Waals surface area (Å²) in [5.41, 5.74) is 0. The third-order valence-corrected chi connectivity index (χ3v) is 9.49.